The number of rotatable bonds is 11. The summed E-state index contributed by atoms with van der Waals surface area (Å²) in [5, 5.41) is 9.72. The van der Waals surface area contributed by atoms with Gasteiger partial charge in [0.25, 0.3) is 17.0 Å². The van der Waals surface area contributed by atoms with Crippen molar-refractivity contribution in [1.29, 1.82) is 0 Å². The molecule has 7 aromatic heterocycles. The van der Waals surface area contributed by atoms with E-state index < -0.39 is 0 Å². The fraction of sp³-hybridized carbons (Fsp3) is 0.238. The fourth-order valence-electron chi connectivity index (χ4n) is 6.01. The third-order valence-corrected chi connectivity index (χ3v) is 9.03. The van der Waals surface area contributed by atoms with Crippen molar-refractivity contribution in [2.45, 2.75) is 26.8 Å². The molecule has 1 aliphatic heterocycles. The average molecular weight is 826 g/mol. The van der Waals surface area contributed by atoms with E-state index >= 15 is 0 Å². The fourth-order valence-corrected chi connectivity index (χ4v) is 6.01. The third kappa shape index (κ3) is 10.4. The summed E-state index contributed by atoms with van der Waals surface area (Å²) in [5.74, 6) is 2.79. The largest absolute Gasteiger partial charge is 0.456 e. The van der Waals surface area contributed by atoms with E-state index in [4.69, 9.17) is 14.2 Å². The molecule has 61 heavy (non-hydrogen) atoms. The van der Waals surface area contributed by atoms with E-state index in [2.05, 4.69) is 55.6 Å². The summed E-state index contributed by atoms with van der Waals surface area (Å²) >= 11 is 0. The lowest BCUT2D eigenvalue weighted by atomic mass is 10.2. The monoisotopic (exact) mass is 825 g/mol. The second-order valence-corrected chi connectivity index (χ2v) is 13.9. The average Bonchev–Trinajstić information content (AvgIpc) is 3.71. The molecule has 8 rings (SSSR count). The second-order valence-electron chi connectivity index (χ2n) is 13.9. The van der Waals surface area contributed by atoms with Gasteiger partial charge in [-0.05, 0) is 57.2 Å². The minimum Gasteiger partial charge on any atom is -0.456 e. The summed E-state index contributed by atoms with van der Waals surface area (Å²) in [5.41, 5.74) is 3.82. The van der Waals surface area contributed by atoms with Crippen LogP contribution in [0.3, 0.4) is 0 Å². The van der Waals surface area contributed by atoms with Crippen molar-refractivity contribution < 1.29 is 19.0 Å². The number of aryl methyl sites for hydroxylation is 2. The molecule has 0 radical (unpaired) electrons. The summed E-state index contributed by atoms with van der Waals surface area (Å²) in [4.78, 5) is 70.0. The number of hydrogen-bond acceptors (Lipinski definition) is 15. The first-order chi connectivity index (χ1) is 29.5. The highest BCUT2D eigenvalue weighted by Gasteiger charge is 2.17. The summed E-state index contributed by atoms with van der Waals surface area (Å²) in [6.45, 7) is 8.38. The molecule has 0 bridgehead atoms. The second kappa shape index (κ2) is 18.9. The Kier molecular flexibility index (Phi) is 12.8. The molecule has 4 N–H and O–H groups in total. The SMILES string of the molecule is CNC(=O)c1cc(Oc2ccc(-c3cnc(NC(C)C)[nH]c3=O)nc2)ccn1.Cc1nc(-c2cnc(N3CCOCC3)[nH]c2=O)ccc1Oc1ccnc(-c2cnn(C)c2)c1. The van der Waals surface area contributed by atoms with Gasteiger partial charge in [-0.25, -0.2) is 15.0 Å². The van der Waals surface area contributed by atoms with Gasteiger partial charge in [-0.15, -0.1) is 0 Å². The lowest BCUT2D eigenvalue weighted by Gasteiger charge is -2.27. The normalized spacial score (nSPS) is 12.3. The quantitative estimate of drug-likeness (QED) is 0.138. The number of H-pyrrole nitrogens is 2. The Bertz CT molecular complexity index is 2740. The van der Waals surface area contributed by atoms with Crippen molar-refractivity contribution in [3.05, 3.63) is 124 Å². The Hall–Kier alpha value is -7.80. The highest BCUT2D eigenvalue weighted by atomic mass is 16.5. The van der Waals surface area contributed by atoms with Gasteiger partial charge in [0.15, 0.2) is 0 Å². The molecule has 0 aliphatic carbocycles. The molecule has 0 saturated carbocycles. The number of pyridine rings is 4. The van der Waals surface area contributed by atoms with Crippen LogP contribution in [0.4, 0.5) is 11.9 Å². The number of anilines is 2. The first-order valence-corrected chi connectivity index (χ1v) is 19.2. The molecule has 1 saturated heterocycles. The number of nitrogens with zero attached hydrogens (tertiary/aromatic N) is 9. The number of carbonyl (C=O) groups is 1. The number of aromatic nitrogens is 10. The molecule has 19 heteroatoms. The van der Waals surface area contributed by atoms with Crippen LogP contribution in [0.1, 0.15) is 30.0 Å². The van der Waals surface area contributed by atoms with Crippen molar-refractivity contribution >= 4 is 17.8 Å². The van der Waals surface area contributed by atoms with E-state index in [0.29, 0.717) is 89.4 Å². The zero-order valence-electron chi connectivity index (χ0n) is 34.0. The molecule has 0 atom stereocenters. The summed E-state index contributed by atoms with van der Waals surface area (Å²) in [6.07, 6.45) is 11.4. The van der Waals surface area contributed by atoms with E-state index in [9.17, 15) is 14.4 Å². The van der Waals surface area contributed by atoms with Crippen molar-refractivity contribution in [2.24, 2.45) is 7.05 Å². The van der Waals surface area contributed by atoms with Gasteiger partial charge in [-0.2, -0.15) is 5.10 Å². The minimum absolute atomic E-state index is 0.153. The Morgan fingerprint density at radius 3 is 2.18 bits per heavy atom. The van der Waals surface area contributed by atoms with Crippen LogP contribution in [0.5, 0.6) is 23.0 Å². The van der Waals surface area contributed by atoms with Gasteiger partial charge in [0, 0.05) is 81.9 Å². The van der Waals surface area contributed by atoms with Crippen LogP contribution in [0.2, 0.25) is 0 Å². The standard InChI is InChI=1S/C23H23N7O3.C19H20N6O3/c1-15-21(33-17-5-6-24-20(11-17)16-12-26-29(2)14-16)4-3-19(27-15)18-13-25-23(28-22(18)31)30-7-9-32-10-8-30;1-11(2)24-19-23-10-14(17(26)25-19)15-5-4-13(9-22-15)28-12-6-7-21-16(8-12)18(27)20-3/h3-6,11-14H,7-10H2,1-2H3,(H,25,28,31);4-11H,1-3H3,(H,20,27)(H2,23,24,25,26). The zero-order chi connectivity index (χ0) is 42.9. The van der Waals surface area contributed by atoms with Crippen molar-refractivity contribution in [1.82, 2.24) is 55.0 Å². The van der Waals surface area contributed by atoms with E-state index in [1.54, 1.807) is 59.7 Å². The van der Waals surface area contributed by atoms with Gasteiger partial charge < -0.3 is 29.7 Å². The maximum absolute atomic E-state index is 12.7. The molecule has 312 valence electrons. The molecule has 8 heterocycles. The van der Waals surface area contributed by atoms with E-state index in [1.165, 1.54) is 31.7 Å². The van der Waals surface area contributed by atoms with Crippen molar-refractivity contribution in [2.75, 3.05) is 43.6 Å². The summed E-state index contributed by atoms with van der Waals surface area (Å²) < 4.78 is 18.8. The Morgan fingerprint density at radius 2 is 1.51 bits per heavy atom. The Morgan fingerprint density at radius 1 is 0.787 bits per heavy atom. The first kappa shape index (κ1) is 41.4. The predicted molar refractivity (Wildman–Crippen MR) is 227 cm³/mol. The van der Waals surface area contributed by atoms with Gasteiger partial charge in [0.1, 0.15) is 28.7 Å². The van der Waals surface area contributed by atoms with Crippen LogP contribution in [0.15, 0.2) is 101 Å². The molecule has 19 nitrogen and oxygen atoms in total. The molecule has 1 aliphatic rings. The van der Waals surface area contributed by atoms with E-state index in [1.807, 2.05) is 45.0 Å². The van der Waals surface area contributed by atoms with Gasteiger partial charge in [0.05, 0.1) is 59.5 Å². The molecular formula is C42H43N13O6. The lowest BCUT2D eigenvalue weighted by Crippen LogP contribution is -2.38. The van der Waals surface area contributed by atoms with E-state index in [-0.39, 0.29) is 28.8 Å². The van der Waals surface area contributed by atoms with Crippen molar-refractivity contribution in [3.8, 4) is 56.8 Å². The molecule has 0 aromatic carbocycles. The molecule has 1 fully saturated rings. The van der Waals surface area contributed by atoms with Crippen LogP contribution in [-0.4, -0.2) is 95.0 Å². The van der Waals surface area contributed by atoms with Crippen LogP contribution in [0, 0.1) is 6.92 Å². The zero-order valence-corrected chi connectivity index (χ0v) is 34.0. The topological polar surface area (TPSA) is 233 Å². The van der Waals surface area contributed by atoms with Crippen LogP contribution >= 0.6 is 0 Å². The highest BCUT2D eigenvalue weighted by molar-refractivity contribution is 5.92. The van der Waals surface area contributed by atoms with Gasteiger partial charge in [-0.3, -0.25) is 44.0 Å². The lowest BCUT2D eigenvalue weighted by molar-refractivity contribution is 0.0957. The van der Waals surface area contributed by atoms with Crippen LogP contribution in [0.25, 0.3) is 33.8 Å². The number of nitrogens with one attached hydrogen (secondary N) is 4. The number of aromatic amines is 2. The van der Waals surface area contributed by atoms with Crippen LogP contribution in [-0.2, 0) is 11.8 Å². The number of morpholine rings is 1. The third-order valence-electron chi connectivity index (χ3n) is 9.03. The number of carbonyl (C=O) groups excluding carboxylic acids is 1. The molecule has 7 aromatic rings. The molecule has 1 amide bonds. The van der Waals surface area contributed by atoms with Gasteiger partial charge >= 0.3 is 0 Å². The van der Waals surface area contributed by atoms with Gasteiger partial charge in [0.2, 0.25) is 11.9 Å². The van der Waals surface area contributed by atoms with Gasteiger partial charge in [-0.1, -0.05) is 0 Å². The number of hydrogen-bond donors (Lipinski definition) is 4. The maximum atomic E-state index is 12.7. The molecular weight excluding hydrogens is 783 g/mol. The molecule has 0 unspecified atom stereocenters. The summed E-state index contributed by atoms with van der Waals surface area (Å²) in [7, 11) is 3.39. The minimum atomic E-state index is -0.305. The number of amides is 1. The Balaban J connectivity index is 0.000000187. The molecule has 0 spiro atoms. The highest BCUT2D eigenvalue weighted by Crippen LogP contribution is 2.29. The Labute approximate surface area is 349 Å². The van der Waals surface area contributed by atoms with E-state index in [0.717, 1.165) is 11.3 Å². The first-order valence-electron chi connectivity index (χ1n) is 19.2. The number of ether oxygens (including phenoxy) is 3. The maximum Gasteiger partial charge on any atom is 0.269 e. The summed E-state index contributed by atoms with van der Waals surface area (Å²) in [6, 6.07) is 13.9. The van der Waals surface area contributed by atoms with Crippen LogP contribution < -0.4 is 36.1 Å². The smallest absolute Gasteiger partial charge is 0.269 e. The predicted octanol–water partition coefficient (Wildman–Crippen LogP) is 4.76. The van der Waals surface area contributed by atoms with Crippen molar-refractivity contribution in [3.63, 3.8) is 0 Å².